The molecule has 0 unspecified atom stereocenters. The summed E-state index contributed by atoms with van der Waals surface area (Å²) in [6.07, 6.45) is 4.03. The summed E-state index contributed by atoms with van der Waals surface area (Å²) in [6, 6.07) is 0. The van der Waals surface area contributed by atoms with Crippen LogP contribution in [-0.4, -0.2) is 62.2 Å². The van der Waals surface area contributed by atoms with E-state index >= 15 is 0 Å². The molecule has 1 rings (SSSR count). The van der Waals surface area contributed by atoms with Gasteiger partial charge < -0.3 is 15.1 Å². The van der Waals surface area contributed by atoms with Gasteiger partial charge in [-0.15, -0.1) is 0 Å². The van der Waals surface area contributed by atoms with Gasteiger partial charge in [-0.05, 0) is 86.2 Å². The topological polar surface area (TPSA) is 18.5 Å². The molecule has 0 radical (unpaired) electrons. The van der Waals surface area contributed by atoms with Crippen LogP contribution in [0, 0.1) is 5.92 Å². The van der Waals surface area contributed by atoms with Crippen LogP contribution in [0.3, 0.4) is 0 Å². The normalized spacial score (nSPS) is 19.7. The largest absolute Gasteiger partial charge is 0.312 e. The first-order chi connectivity index (χ1) is 8.37. The van der Waals surface area contributed by atoms with Gasteiger partial charge in [0.1, 0.15) is 0 Å². The Balaban J connectivity index is 2.05. The highest BCUT2D eigenvalue weighted by molar-refractivity contribution is 4.75. The van der Waals surface area contributed by atoms with E-state index in [4.69, 9.17) is 0 Å². The second-order valence-electron chi connectivity index (χ2n) is 7.08. The van der Waals surface area contributed by atoms with E-state index in [0.29, 0.717) is 0 Å². The smallest absolute Gasteiger partial charge is 0.00965 e. The first kappa shape index (κ1) is 15.9. The quantitative estimate of drug-likeness (QED) is 0.733. The van der Waals surface area contributed by atoms with Crippen molar-refractivity contribution in [3.05, 3.63) is 0 Å². The van der Waals surface area contributed by atoms with Crippen molar-refractivity contribution in [2.24, 2.45) is 5.92 Å². The average molecular weight is 255 g/mol. The molecule has 108 valence electrons. The number of hydrogen-bond acceptors (Lipinski definition) is 3. The fourth-order valence-electron chi connectivity index (χ4n) is 2.68. The second kappa shape index (κ2) is 7.46. The molecular formula is C15H33N3. The maximum atomic E-state index is 3.56. The lowest BCUT2D eigenvalue weighted by Crippen LogP contribution is -2.40. The molecule has 0 aromatic carbocycles. The van der Waals surface area contributed by atoms with E-state index in [1.807, 2.05) is 0 Å². The van der Waals surface area contributed by atoms with Crippen molar-refractivity contribution in [2.75, 3.05) is 46.8 Å². The van der Waals surface area contributed by atoms with Gasteiger partial charge in [-0.3, -0.25) is 0 Å². The molecule has 1 heterocycles. The molecule has 0 aromatic rings. The summed E-state index contributed by atoms with van der Waals surface area (Å²) in [7, 11) is 4.37. The average Bonchev–Trinajstić information content (AvgIpc) is 2.24. The van der Waals surface area contributed by atoms with Crippen LogP contribution in [0.2, 0.25) is 0 Å². The van der Waals surface area contributed by atoms with Crippen molar-refractivity contribution in [2.45, 2.75) is 45.6 Å². The molecule has 0 aliphatic carbocycles. The van der Waals surface area contributed by atoms with Gasteiger partial charge in [0.2, 0.25) is 0 Å². The Bertz CT molecular complexity index is 212. The van der Waals surface area contributed by atoms with Crippen LogP contribution in [0.4, 0.5) is 0 Å². The standard InChI is InChI=1S/C15H33N3/c1-15(2,3)16-9-6-10-18-11-7-14(8-12-18)13-17(4)5/h14,16H,6-13H2,1-5H3. The molecule has 1 aliphatic heterocycles. The van der Waals surface area contributed by atoms with E-state index in [1.54, 1.807) is 0 Å². The minimum absolute atomic E-state index is 0.263. The third-order valence-electron chi connectivity index (χ3n) is 3.64. The lowest BCUT2D eigenvalue weighted by molar-refractivity contribution is 0.160. The third kappa shape index (κ3) is 7.34. The van der Waals surface area contributed by atoms with E-state index in [2.05, 4.69) is 50.0 Å². The number of likely N-dealkylation sites (tertiary alicyclic amines) is 1. The Morgan fingerprint density at radius 3 is 2.28 bits per heavy atom. The lowest BCUT2D eigenvalue weighted by atomic mass is 9.96. The summed E-state index contributed by atoms with van der Waals surface area (Å²) in [4.78, 5) is 4.96. The van der Waals surface area contributed by atoms with Crippen LogP contribution in [0.1, 0.15) is 40.0 Å². The summed E-state index contributed by atoms with van der Waals surface area (Å²) < 4.78 is 0. The minimum atomic E-state index is 0.263. The molecule has 3 nitrogen and oxygen atoms in total. The van der Waals surface area contributed by atoms with Crippen molar-refractivity contribution in [3.63, 3.8) is 0 Å². The molecule has 1 aliphatic rings. The van der Waals surface area contributed by atoms with E-state index < -0.39 is 0 Å². The van der Waals surface area contributed by atoms with Crippen LogP contribution in [-0.2, 0) is 0 Å². The molecule has 0 atom stereocenters. The van der Waals surface area contributed by atoms with Gasteiger partial charge in [0.15, 0.2) is 0 Å². The number of hydrogen-bond donors (Lipinski definition) is 1. The molecule has 18 heavy (non-hydrogen) atoms. The molecule has 0 bridgehead atoms. The van der Waals surface area contributed by atoms with Crippen LogP contribution < -0.4 is 5.32 Å². The van der Waals surface area contributed by atoms with E-state index in [-0.39, 0.29) is 5.54 Å². The molecule has 1 N–H and O–H groups in total. The second-order valence-corrected chi connectivity index (χ2v) is 7.08. The number of piperidine rings is 1. The Kier molecular flexibility index (Phi) is 6.61. The van der Waals surface area contributed by atoms with E-state index in [0.717, 1.165) is 12.5 Å². The van der Waals surface area contributed by atoms with Crippen molar-refractivity contribution in [3.8, 4) is 0 Å². The SMILES string of the molecule is CN(C)CC1CCN(CCCNC(C)(C)C)CC1. The maximum absolute atomic E-state index is 3.56. The lowest BCUT2D eigenvalue weighted by Gasteiger charge is -2.33. The predicted molar refractivity (Wildman–Crippen MR) is 80.1 cm³/mol. The molecule has 0 amide bonds. The van der Waals surface area contributed by atoms with Gasteiger partial charge in [0.05, 0.1) is 0 Å². The highest BCUT2D eigenvalue weighted by Gasteiger charge is 2.19. The van der Waals surface area contributed by atoms with Gasteiger partial charge in [-0.25, -0.2) is 0 Å². The van der Waals surface area contributed by atoms with Crippen LogP contribution in [0.25, 0.3) is 0 Å². The Hall–Kier alpha value is -0.120. The van der Waals surface area contributed by atoms with Gasteiger partial charge in [0, 0.05) is 12.1 Å². The minimum Gasteiger partial charge on any atom is -0.312 e. The molecule has 3 heteroatoms. The summed E-state index contributed by atoms with van der Waals surface area (Å²) in [5.74, 6) is 0.920. The highest BCUT2D eigenvalue weighted by atomic mass is 15.1. The summed E-state index contributed by atoms with van der Waals surface area (Å²) in [6.45, 7) is 13.0. The van der Waals surface area contributed by atoms with Crippen LogP contribution >= 0.6 is 0 Å². The van der Waals surface area contributed by atoms with Gasteiger partial charge >= 0.3 is 0 Å². The zero-order valence-corrected chi connectivity index (χ0v) is 13.1. The molecule has 1 fully saturated rings. The Morgan fingerprint density at radius 2 is 1.78 bits per heavy atom. The zero-order valence-electron chi connectivity index (χ0n) is 13.1. The summed E-state index contributed by atoms with van der Waals surface area (Å²) >= 11 is 0. The van der Waals surface area contributed by atoms with Crippen molar-refractivity contribution >= 4 is 0 Å². The zero-order chi connectivity index (χ0) is 13.6. The van der Waals surface area contributed by atoms with Crippen LogP contribution in [0.5, 0.6) is 0 Å². The van der Waals surface area contributed by atoms with Crippen molar-refractivity contribution in [1.29, 1.82) is 0 Å². The molecular weight excluding hydrogens is 222 g/mol. The monoisotopic (exact) mass is 255 g/mol. The Morgan fingerprint density at radius 1 is 1.17 bits per heavy atom. The van der Waals surface area contributed by atoms with E-state index in [9.17, 15) is 0 Å². The first-order valence-electron chi connectivity index (χ1n) is 7.49. The van der Waals surface area contributed by atoms with Gasteiger partial charge in [-0.1, -0.05) is 0 Å². The first-order valence-corrected chi connectivity index (χ1v) is 7.49. The molecule has 0 spiro atoms. The maximum Gasteiger partial charge on any atom is 0.00965 e. The molecule has 1 saturated heterocycles. The highest BCUT2D eigenvalue weighted by Crippen LogP contribution is 2.17. The summed E-state index contributed by atoms with van der Waals surface area (Å²) in [5.41, 5.74) is 0.263. The van der Waals surface area contributed by atoms with E-state index in [1.165, 1.54) is 45.4 Å². The Labute approximate surface area is 114 Å². The number of nitrogens with zero attached hydrogens (tertiary/aromatic N) is 2. The fourth-order valence-corrected chi connectivity index (χ4v) is 2.68. The molecule has 0 aromatic heterocycles. The third-order valence-corrected chi connectivity index (χ3v) is 3.64. The van der Waals surface area contributed by atoms with Crippen molar-refractivity contribution < 1.29 is 0 Å². The van der Waals surface area contributed by atoms with Gasteiger partial charge in [0.25, 0.3) is 0 Å². The molecule has 0 saturated carbocycles. The fraction of sp³-hybridized carbons (Fsp3) is 1.00. The van der Waals surface area contributed by atoms with Gasteiger partial charge in [-0.2, -0.15) is 0 Å². The van der Waals surface area contributed by atoms with Crippen molar-refractivity contribution in [1.82, 2.24) is 15.1 Å². The predicted octanol–water partition coefficient (Wildman–Crippen LogP) is 2.04. The number of rotatable bonds is 6. The summed E-state index contributed by atoms with van der Waals surface area (Å²) in [5, 5.41) is 3.56. The number of nitrogens with one attached hydrogen (secondary N) is 1. The van der Waals surface area contributed by atoms with Crippen LogP contribution in [0.15, 0.2) is 0 Å².